The molecule has 0 heterocycles. The van der Waals surface area contributed by atoms with E-state index in [9.17, 15) is 0 Å². The van der Waals surface area contributed by atoms with Gasteiger partial charge in [0.05, 0.1) is 19.3 Å². The van der Waals surface area contributed by atoms with E-state index < -0.39 is 0 Å². The molecule has 54 valence electrons. The zero-order chi connectivity index (χ0) is 7.44. The van der Waals surface area contributed by atoms with Gasteiger partial charge in [0.2, 0.25) is 0 Å². The molecule has 0 aromatic rings. The number of rotatable bonds is 2. The summed E-state index contributed by atoms with van der Waals surface area (Å²) in [6.07, 6.45) is 0. The summed E-state index contributed by atoms with van der Waals surface area (Å²) in [7, 11) is 9.54. The first-order valence-electron chi connectivity index (χ1n) is 2.84. The predicted molar refractivity (Wildman–Crippen MR) is 36.0 cm³/mol. The SMILES string of the molecule is CN(C)N(C)N=[N+](C)C. The molecule has 0 aliphatic carbocycles. The van der Waals surface area contributed by atoms with Crippen LogP contribution in [0.5, 0.6) is 0 Å². The summed E-state index contributed by atoms with van der Waals surface area (Å²) in [5.41, 5.74) is 0. The number of hydrogen-bond donors (Lipinski definition) is 0. The first-order chi connectivity index (χ1) is 4.04. The predicted octanol–water partition coefficient (Wildman–Crippen LogP) is 0.0341. The molecule has 0 atom stereocenters. The summed E-state index contributed by atoms with van der Waals surface area (Å²) >= 11 is 0. The summed E-state index contributed by atoms with van der Waals surface area (Å²) < 4.78 is 1.75. The second kappa shape index (κ2) is 3.40. The van der Waals surface area contributed by atoms with E-state index in [4.69, 9.17) is 0 Å². The molecule has 0 saturated carbocycles. The Balaban J connectivity index is 3.76. The third-order valence-corrected chi connectivity index (χ3v) is 0.887. The third kappa shape index (κ3) is 3.90. The van der Waals surface area contributed by atoms with E-state index in [-0.39, 0.29) is 0 Å². The van der Waals surface area contributed by atoms with Crippen LogP contribution in [-0.4, -0.2) is 50.1 Å². The monoisotopic (exact) mass is 131 g/mol. The molecule has 0 radical (unpaired) electrons. The topological polar surface area (TPSA) is 21.9 Å². The van der Waals surface area contributed by atoms with E-state index in [1.165, 1.54) is 0 Å². The molecule has 0 bridgehead atoms. The largest absolute Gasteiger partial charge is 0.174 e. The second-order valence-electron chi connectivity index (χ2n) is 2.27. The molecule has 0 aromatic heterocycles. The molecule has 4 heteroatoms. The average molecular weight is 131 g/mol. The Morgan fingerprint density at radius 2 is 1.56 bits per heavy atom. The first kappa shape index (κ1) is 8.36. The van der Waals surface area contributed by atoms with Crippen molar-refractivity contribution in [2.24, 2.45) is 5.22 Å². The lowest BCUT2D eigenvalue weighted by atomic mass is 11.1. The molecule has 0 aliphatic heterocycles. The van der Waals surface area contributed by atoms with Crippen LogP contribution in [0.25, 0.3) is 0 Å². The van der Waals surface area contributed by atoms with Crippen LogP contribution in [0.15, 0.2) is 5.22 Å². The van der Waals surface area contributed by atoms with Gasteiger partial charge in [-0.25, -0.2) is 0 Å². The molecule has 0 unspecified atom stereocenters. The van der Waals surface area contributed by atoms with Crippen molar-refractivity contribution < 1.29 is 4.70 Å². The van der Waals surface area contributed by atoms with E-state index in [1.54, 1.807) is 9.82 Å². The maximum atomic E-state index is 4.07. The minimum Gasteiger partial charge on any atom is -0.174 e. The number of nitrogens with zero attached hydrogens (tertiary/aromatic N) is 4. The highest BCUT2D eigenvalue weighted by molar-refractivity contribution is 4.20. The van der Waals surface area contributed by atoms with Gasteiger partial charge in [-0.1, -0.05) is 5.12 Å². The summed E-state index contributed by atoms with van der Waals surface area (Å²) in [6, 6.07) is 0. The first-order valence-corrected chi connectivity index (χ1v) is 2.84. The second-order valence-corrected chi connectivity index (χ2v) is 2.27. The number of hydrogen-bond acceptors (Lipinski definition) is 2. The maximum Gasteiger partial charge on any atom is 0.119 e. The third-order valence-electron chi connectivity index (χ3n) is 0.887. The molecular weight excluding hydrogens is 116 g/mol. The van der Waals surface area contributed by atoms with Crippen LogP contribution in [0.1, 0.15) is 0 Å². The van der Waals surface area contributed by atoms with Crippen molar-refractivity contribution in [2.75, 3.05) is 35.2 Å². The summed E-state index contributed by atoms with van der Waals surface area (Å²) in [5.74, 6) is 0. The molecule has 0 fully saturated rings. The van der Waals surface area contributed by atoms with E-state index in [2.05, 4.69) is 5.22 Å². The standard InChI is InChI=1S/C5H15N4/c1-7(2)6-9(5)8(3)4/h1-5H3/q+1. The quantitative estimate of drug-likeness (QED) is 0.300. The van der Waals surface area contributed by atoms with Crippen LogP contribution < -0.4 is 0 Å². The molecule has 0 saturated heterocycles. The maximum absolute atomic E-state index is 4.07. The van der Waals surface area contributed by atoms with Gasteiger partial charge < -0.3 is 0 Å². The molecule has 0 spiro atoms. The molecule has 0 N–H and O–H groups in total. The van der Waals surface area contributed by atoms with Gasteiger partial charge in [-0.3, -0.25) is 0 Å². The zero-order valence-corrected chi connectivity index (χ0v) is 6.79. The van der Waals surface area contributed by atoms with Crippen molar-refractivity contribution >= 4 is 0 Å². The highest BCUT2D eigenvalue weighted by atomic mass is 15.8. The minimum absolute atomic E-state index is 1.75. The lowest BCUT2D eigenvalue weighted by molar-refractivity contribution is -0.557. The van der Waals surface area contributed by atoms with Crippen LogP contribution >= 0.6 is 0 Å². The summed E-state index contributed by atoms with van der Waals surface area (Å²) in [4.78, 5) is 0. The van der Waals surface area contributed by atoms with Gasteiger partial charge in [-0.15, -0.1) is 5.01 Å². The van der Waals surface area contributed by atoms with Gasteiger partial charge in [-0.2, -0.15) is 4.70 Å². The lowest BCUT2D eigenvalue weighted by Gasteiger charge is -2.10. The Kier molecular flexibility index (Phi) is 3.16. The highest BCUT2D eigenvalue weighted by Gasteiger charge is 2.01. The van der Waals surface area contributed by atoms with Gasteiger partial charge in [0.15, 0.2) is 0 Å². The van der Waals surface area contributed by atoms with Crippen molar-refractivity contribution in [1.82, 2.24) is 10.1 Å². The van der Waals surface area contributed by atoms with Gasteiger partial charge in [0, 0.05) is 14.1 Å². The Morgan fingerprint density at radius 1 is 1.11 bits per heavy atom. The molecule has 0 amide bonds. The van der Waals surface area contributed by atoms with Crippen LogP contribution in [0.3, 0.4) is 0 Å². The Morgan fingerprint density at radius 3 is 1.67 bits per heavy atom. The Bertz CT molecular complexity index is 104. The van der Waals surface area contributed by atoms with Crippen LogP contribution in [0, 0.1) is 0 Å². The molecule has 0 rings (SSSR count). The van der Waals surface area contributed by atoms with Crippen molar-refractivity contribution in [1.29, 1.82) is 0 Å². The fraction of sp³-hybridized carbons (Fsp3) is 1.00. The minimum atomic E-state index is 1.75. The van der Waals surface area contributed by atoms with Gasteiger partial charge in [0.1, 0.15) is 7.05 Å². The molecule has 0 aliphatic rings. The van der Waals surface area contributed by atoms with E-state index >= 15 is 0 Å². The fourth-order valence-corrected chi connectivity index (χ4v) is 0.339. The summed E-state index contributed by atoms with van der Waals surface area (Å²) in [5, 5.41) is 7.71. The number of hydrazine groups is 1. The smallest absolute Gasteiger partial charge is 0.119 e. The van der Waals surface area contributed by atoms with E-state index in [1.807, 2.05) is 40.2 Å². The molecular formula is C5H15N4+. The van der Waals surface area contributed by atoms with Gasteiger partial charge >= 0.3 is 0 Å². The van der Waals surface area contributed by atoms with E-state index in [0.29, 0.717) is 0 Å². The summed E-state index contributed by atoms with van der Waals surface area (Å²) in [6.45, 7) is 0. The van der Waals surface area contributed by atoms with Crippen molar-refractivity contribution in [3.8, 4) is 0 Å². The van der Waals surface area contributed by atoms with E-state index in [0.717, 1.165) is 0 Å². The molecule has 4 nitrogen and oxygen atoms in total. The van der Waals surface area contributed by atoms with Crippen LogP contribution in [0.2, 0.25) is 0 Å². The van der Waals surface area contributed by atoms with Gasteiger partial charge in [0.25, 0.3) is 0 Å². The lowest BCUT2D eigenvalue weighted by Crippen LogP contribution is -2.29. The Hall–Kier alpha value is -0.640. The van der Waals surface area contributed by atoms with Crippen molar-refractivity contribution in [3.05, 3.63) is 0 Å². The van der Waals surface area contributed by atoms with Crippen molar-refractivity contribution in [2.45, 2.75) is 0 Å². The van der Waals surface area contributed by atoms with Crippen LogP contribution in [0.4, 0.5) is 0 Å². The zero-order valence-electron chi connectivity index (χ0n) is 6.79. The highest BCUT2D eigenvalue weighted by Crippen LogP contribution is 1.84. The van der Waals surface area contributed by atoms with Crippen molar-refractivity contribution in [3.63, 3.8) is 0 Å². The normalized spacial score (nSPS) is 9.56. The fourth-order valence-electron chi connectivity index (χ4n) is 0.339. The Labute approximate surface area is 56.3 Å². The molecule has 0 aromatic carbocycles. The van der Waals surface area contributed by atoms with Crippen LogP contribution in [-0.2, 0) is 0 Å². The van der Waals surface area contributed by atoms with Gasteiger partial charge in [-0.05, 0) is 0 Å². The average Bonchev–Trinajstić information content (AvgIpc) is 1.63. The molecule has 9 heavy (non-hydrogen) atoms.